The molecule has 1 aromatic carbocycles. The summed E-state index contributed by atoms with van der Waals surface area (Å²) in [7, 11) is 0. The van der Waals surface area contributed by atoms with E-state index in [-0.39, 0.29) is 0 Å². The van der Waals surface area contributed by atoms with Crippen LogP contribution in [-0.2, 0) is 0 Å². The molecule has 0 unspecified atom stereocenters. The lowest BCUT2D eigenvalue weighted by Gasteiger charge is -2.11. The second-order valence-corrected chi connectivity index (χ2v) is 5.16. The molecule has 19 heavy (non-hydrogen) atoms. The number of benzene rings is 1. The Bertz CT molecular complexity index is 533. The SMILES string of the molecule is CCC=C(CCCCCC)n1ccc2ccccc21. The Morgan fingerprint density at radius 3 is 2.68 bits per heavy atom. The smallest absolute Gasteiger partial charge is 0.0525 e. The number of para-hydroxylation sites is 1. The molecule has 1 aromatic heterocycles. The van der Waals surface area contributed by atoms with E-state index in [1.165, 1.54) is 48.7 Å². The van der Waals surface area contributed by atoms with Crippen molar-refractivity contribution in [2.75, 3.05) is 0 Å². The van der Waals surface area contributed by atoms with Gasteiger partial charge in [0.2, 0.25) is 0 Å². The normalized spacial score (nSPS) is 12.2. The number of nitrogens with zero attached hydrogens (tertiary/aromatic N) is 1. The molecule has 2 rings (SSSR count). The van der Waals surface area contributed by atoms with Crippen molar-refractivity contribution < 1.29 is 0 Å². The first kappa shape index (κ1) is 13.9. The lowest BCUT2D eigenvalue weighted by Crippen LogP contribution is -1.96. The number of fused-ring (bicyclic) bond motifs is 1. The molecular formula is C18H25N. The average Bonchev–Trinajstić information content (AvgIpc) is 2.86. The fourth-order valence-electron chi connectivity index (χ4n) is 2.62. The van der Waals surface area contributed by atoms with Gasteiger partial charge in [0.25, 0.3) is 0 Å². The first-order chi connectivity index (χ1) is 9.36. The Kier molecular flexibility index (Phi) is 5.26. The van der Waals surface area contributed by atoms with Gasteiger partial charge in [0.15, 0.2) is 0 Å². The van der Waals surface area contributed by atoms with Crippen LogP contribution >= 0.6 is 0 Å². The lowest BCUT2D eigenvalue weighted by atomic mass is 10.1. The maximum Gasteiger partial charge on any atom is 0.0525 e. The molecule has 0 spiro atoms. The molecule has 0 radical (unpaired) electrons. The Balaban J connectivity index is 2.17. The van der Waals surface area contributed by atoms with Gasteiger partial charge in [-0.05, 0) is 36.8 Å². The van der Waals surface area contributed by atoms with E-state index < -0.39 is 0 Å². The number of rotatable bonds is 7. The minimum absolute atomic E-state index is 1.11. The maximum absolute atomic E-state index is 2.37. The number of unbranched alkanes of at least 4 members (excludes halogenated alkanes) is 3. The Hall–Kier alpha value is -1.50. The van der Waals surface area contributed by atoms with Crippen molar-refractivity contribution in [2.24, 2.45) is 0 Å². The van der Waals surface area contributed by atoms with Gasteiger partial charge in [0.05, 0.1) is 5.52 Å². The summed E-state index contributed by atoms with van der Waals surface area (Å²) in [5, 5.41) is 1.33. The third-order valence-corrected chi connectivity index (χ3v) is 3.64. The third-order valence-electron chi connectivity index (χ3n) is 3.64. The van der Waals surface area contributed by atoms with E-state index in [0.717, 1.165) is 6.42 Å². The number of hydrogen-bond donors (Lipinski definition) is 0. The van der Waals surface area contributed by atoms with Crippen LogP contribution in [0, 0.1) is 0 Å². The van der Waals surface area contributed by atoms with Crippen LogP contribution < -0.4 is 0 Å². The predicted octanol–water partition coefficient (Wildman–Crippen LogP) is 5.86. The van der Waals surface area contributed by atoms with Gasteiger partial charge in [0, 0.05) is 11.9 Å². The zero-order valence-electron chi connectivity index (χ0n) is 12.2. The molecule has 0 atom stereocenters. The second-order valence-electron chi connectivity index (χ2n) is 5.16. The molecule has 2 aromatic rings. The van der Waals surface area contributed by atoms with Gasteiger partial charge in [-0.25, -0.2) is 0 Å². The van der Waals surface area contributed by atoms with Gasteiger partial charge in [-0.2, -0.15) is 0 Å². The van der Waals surface area contributed by atoms with Gasteiger partial charge < -0.3 is 4.57 Å². The van der Waals surface area contributed by atoms with Crippen LogP contribution in [0.5, 0.6) is 0 Å². The highest BCUT2D eigenvalue weighted by atomic mass is 15.0. The fourth-order valence-corrected chi connectivity index (χ4v) is 2.62. The van der Waals surface area contributed by atoms with Gasteiger partial charge in [-0.15, -0.1) is 0 Å². The van der Waals surface area contributed by atoms with E-state index in [0.29, 0.717) is 0 Å². The van der Waals surface area contributed by atoms with Crippen LogP contribution in [0.4, 0.5) is 0 Å². The van der Waals surface area contributed by atoms with Gasteiger partial charge in [0.1, 0.15) is 0 Å². The highest BCUT2D eigenvalue weighted by molar-refractivity contribution is 5.83. The molecule has 0 aliphatic heterocycles. The molecule has 0 saturated heterocycles. The summed E-state index contributed by atoms with van der Waals surface area (Å²) in [6.07, 6.45) is 12.2. The predicted molar refractivity (Wildman–Crippen MR) is 85.3 cm³/mol. The molecule has 0 N–H and O–H groups in total. The summed E-state index contributed by atoms with van der Waals surface area (Å²) >= 11 is 0. The number of hydrogen-bond acceptors (Lipinski definition) is 0. The van der Waals surface area contributed by atoms with Crippen LogP contribution in [0.25, 0.3) is 16.6 Å². The monoisotopic (exact) mass is 255 g/mol. The van der Waals surface area contributed by atoms with Crippen molar-refractivity contribution >= 4 is 16.6 Å². The highest BCUT2D eigenvalue weighted by Gasteiger charge is 2.04. The molecule has 0 saturated carbocycles. The lowest BCUT2D eigenvalue weighted by molar-refractivity contribution is 0.671. The van der Waals surface area contributed by atoms with Gasteiger partial charge in [-0.1, -0.05) is 57.4 Å². The highest BCUT2D eigenvalue weighted by Crippen LogP contribution is 2.23. The summed E-state index contributed by atoms with van der Waals surface area (Å²) in [6.45, 7) is 4.49. The third kappa shape index (κ3) is 3.50. The van der Waals surface area contributed by atoms with Crippen LogP contribution in [0.2, 0.25) is 0 Å². The van der Waals surface area contributed by atoms with Crippen molar-refractivity contribution in [3.8, 4) is 0 Å². The second kappa shape index (κ2) is 7.18. The van der Waals surface area contributed by atoms with Crippen LogP contribution in [0.3, 0.4) is 0 Å². The van der Waals surface area contributed by atoms with Crippen molar-refractivity contribution in [1.82, 2.24) is 4.57 Å². The van der Waals surface area contributed by atoms with Crippen molar-refractivity contribution in [3.05, 3.63) is 42.6 Å². The standard InChI is InChI=1S/C18H25N/c1-3-5-6-7-12-17(10-4-2)19-15-14-16-11-8-9-13-18(16)19/h8-11,13-15H,3-7,12H2,1-2H3. The molecular weight excluding hydrogens is 230 g/mol. The van der Waals surface area contributed by atoms with E-state index in [1.807, 2.05) is 0 Å². The zero-order chi connectivity index (χ0) is 13.5. The topological polar surface area (TPSA) is 4.93 Å². The summed E-state index contributed by atoms with van der Waals surface area (Å²) in [5.41, 5.74) is 2.79. The van der Waals surface area contributed by atoms with E-state index in [9.17, 15) is 0 Å². The molecule has 0 bridgehead atoms. The van der Waals surface area contributed by atoms with Crippen molar-refractivity contribution in [1.29, 1.82) is 0 Å². The fraction of sp³-hybridized carbons (Fsp3) is 0.444. The molecule has 0 fully saturated rings. The van der Waals surface area contributed by atoms with E-state index in [2.05, 4.69) is 61.0 Å². The summed E-state index contributed by atoms with van der Waals surface area (Å²) < 4.78 is 2.37. The van der Waals surface area contributed by atoms with E-state index in [4.69, 9.17) is 0 Å². The van der Waals surface area contributed by atoms with Gasteiger partial charge >= 0.3 is 0 Å². The minimum Gasteiger partial charge on any atom is -0.321 e. The van der Waals surface area contributed by atoms with Crippen molar-refractivity contribution in [3.63, 3.8) is 0 Å². The molecule has 1 heterocycles. The van der Waals surface area contributed by atoms with E-state index in [1.54, 1.807) is 0 Å². The van der Waals surface area contributed by atoms with Crippen LogP contribution in [-0.4, -0.2) is 4.57 Å². The van der Waals surface area contributed by atoms with Crippen LogP contribution in [0.15, 0.2) is 42.6 Å². The molecule has 0 aliphatic rings. The first-order valence-corrected chi connectivity index (χ1v) is 7.62. The summed E-state index contributed by atoms with van der Waals surface area (Å²) in [6, 6.07) is 10.8. The van der Waals surface area contributed by atoms with Crippen molar-refractivity contribution in [2.45, 2.75) is 52.4 Å². The van der Waals surface area contributed by atoms with Gasteiger partial charge in [-0.3, -0.25) is 0 Å². The maximum atomic E-state index is 2.37. The first-order valence-electron chi connectivity index (χ1n) is 7.62. The Morgan fingerprint density at radius 1 is 1.05 bits per heavy atom. The molecule has 1 heteroatoms. The molecule has 102 valence electrons. The average molecular weight is 255 g/mol. The zero-order valence-corrected chi connectivity index (χ0v) is 12.2. The summed E-state index contributed by atoms with van der Waals surface area (Å²) in [5.74, 6) is 0. The molecule has 1 nitrogen and oxygen atoms in total. The number of allylic oxidation sites excluding steroid dienone is 2. The van der Waals surface area contributed by atoms with Crippen LogP contribution in [0.1, 0.15) is 52.4 Å². The molecule has 0 aliphatic carbocycles. The molecule has 0 amide bonds. The Labute approximate surface area is 116 Å². The largest absolute Gasteiger partial charge is 0.321 e. The minimum atomic E-state index is 1.11. The van der Waals surface area contributed by atoms with E-state index >= 15 is 0 Å². The summed E-state index contributed by atoms with van der Waals surface area (Å²) in [4.78, 5) is 0. The quantitative estimate of drug-likeness (QED) is 0.546. The number of aromatic nitrogens is 1. The Morgan fingerprint density at radius 2 is 1.89 bits per heavy atom.